The molecule has 0 bridgehead atoms. The van der Waals surface area contributed by atoms with E-state index in [9.17, 15) is 9.59 Å². The maximum atomic E-state index is 12.0. The lowest BCUT2D eigenvalue weighted by Gasteiger charge is -2.03. The minimum absolute atomic E-state index is 0.117. The minimum atomic E-state index is -0.583. The summed E-state index contributed by atoms with van der Waals surface area (Å²) < 4.78 is 5.90. The molecule has 8 nitrogen and oxygen atoms in total. The first-order chi connectivity index (χ1) is 9.13. The van der Waals surface area contributed by atoms with Crippen LogP contribution in [0.5, 0.6) is 0 Å². The van der Waals surface area contributed by atoms with Crippen molar-refractivity contribution < 1.29 is 9.53 Å². The van der Waals surface area contributed by atoms with Crippen molar-refractivity contribution in [1.29, 1.82) is 5.26 Å². The average Bonchev–Trinajstić information content (AvgIpc) is 2.82. The summed E-state index contributed by atoms with van der Waals surface area (Å²) in [7, 11) is 1.54. The van der Waals surface area contributed by atoms with Gasteiger partial charge in [0.1, 0.15) is 11.6 Å². The molecule has 98 valence electrons. The van der Waals surface area contributed by atoms with Crippen LogP contribution in [0, 0.1) is 11.3 Å². The molecule has 2 aromatic rings. The van der Waals surface area contributed by atoms with Gasteiger partial charge in [-0.15, -0.1) is 0 Å². The van der Waals surface area contributed by atoms with Gasteiger partial charge in [-0.2, -0.15) is 9.78 Å². The Morgan fingerprint density at radius 1 is 1.68 bits per heavy atom. The third-order valence-electron chi connectivity index (χ3n) is 2.51. The fraction of sp³-hybridized carbons (Fsp3) is 0.273. The molecule has 0 saturated heterocycles. The summed E-state index contributed by atoms with van der Waals surface area (Å²) in [6, 6.07) is 1.78. The van der Waals surface area contributed by atoms with Crippen molar-refractivity contribution in [3.63, 3.8) is 0 Å². The van der Waals surface area contributed by atoms with Crippen molar-refractivity contribution in [2.24, 2.45) is 0 Å². The lowest BCUT2D eigenvalue weighted by molar-refractivity contribution is 0.0528. The fourth-order valence-electron chi connectivity index (χ4n) is 1.66. The summed E-state index contributed by atoms with van der Waals surface area (Å²) >= 11 is 0. The van der Waals surface area contributed by atoms with Gasteiger partial charge in [0, 0.05) is 13.2 Å². The van der Waals surface area contributed by atoms with Crippen LogP contribution in [0.15, 0.2) is 11.0 Å². The molecule has 0 aliphatic carbocycles. The Morgan fingerprint density at radius 2 is 2.42 bits per heavy atom. The molecule has 0 saturated carbocycles. The zero-order valence-corrected chi connectivity index (χ0v) is 10.4. The topological polar surface area (TPSA) is 112 Å². The lowest BCUT2D eigenvalue weighted by Crippen LogP contribution is -2.21. The Hall–Kier alpha value is -2.82. The highest BCUT2D eigenvalue weighted by Gasteiger charge is 2.19. The molecular formula is C11H11N5O3. The number of hydrogen-bond acceptors (Lipinski definition) is 6. The molecule has 0 aliphatic heterocycles. The number of ether oxygens (including phenoxy) is 1. The summed E-state index contributed by atoms with van der Waals surface area (Å²) in [5.74, 6) is -0.461. The van der Waals surface area contributed by atoms with E-state index in [1.807, 2.05) is 0 Å². The first kappa shape index (κ1) is 12.6. The van der Waals surface area contributed by atoms with Crippen LogP contribution >= 0.6 is 0 Å². The van der Waals surface area contributed by atoms with Gasteiger partial charge in [-0.25, -0.2) is 9.78 Å². The number of nitrogens with zero attached hydrogens (tertiary/aromatic N) is 3. The van der Waals surface area contributed by atoms with Gasteiger partial charge in [0.15, 0.2) is 17.0 Å². The smallest absolute Gasteiger partial charge is 0.343 e. The second kappa shape index (κ2) is 4.81. The largest absolute Gasteiger partial charge is 0.462 e. The van der Waals surface area contributed by atoms with Gasteiger partial charge in [0.2, 0.25) is 0 Å². The molecule has 0 spiro atoms. The minimum Gasteiger partial charge on any atom is -0.462 e. The Kier molecular flexibility index (Phi) is 3.20. The molecular weight excluding hydrogens is 250 g/mol. The van der Waals surface area contributed by atoms with E-state index in [0.717, 1.165) is 4.52 Å². The number of rotatable bonds is 3. The van der Waals surface area contributed by atoms with Gasteiger partial charge < -0.3 is 10.1 Å². The number of hydrogen-bond donors (Lipinski definition) is 2. The van der Waals surface area contributed by atoms with Gasteiger partial charge in [-0.3, -0.25) is 9.89 Å². The van der Waals surface area contributed by atoms with Crippen LogP contribution < -0.4 is 10.9 Å². The highest BCUT2D eigenvalue weighted by molar-refractivity contribution is 5.95. The maximum Gasteiger partial charge on any atom is 0.343 e. The van der Waals surface area contributed by atoms with E-state index in [2.05, 4.69) is 15.4 Å². The van der Waals surface area contributed by atoms with Crippen LogP contribution in [0.1, 0.15) is 22.8 Å². The van der Waals surface area contributed by atoms with Gasteiger partial charge in [-0.1, -0.05) is 0 Å². The molecule has 0 atom stereocenters. The Bertz CT molecular complexity index is 737. The summed E-state index contributed by atoms with van der Waals surface area (Å²) in [5, 5.41) is 14.2. The first-order valence-electron chi connectivity index (χ1n) is 5.53. The fourth-order valence-corrected chi connectivity index (χ4v) is 1.66. The van der Waals surface area contributed by atoms with Gasteiger partial charge in [0.05, 0.1) is 6.61 Å². The standard InChI is InChI=1S/C11H11N5O3/c1-3-19-11(18)7-5-14-16-9(7)15-8(13-2)6(4-12)10(16)17/h5,13-14H,3H2,1-2H3. The average molecular weight is 261 g/mol. The van der Waals surface area contributed by atoms with Crippen molar-refractivity contribution in [2.75, 3.05) is 19.0 Å². The zero-order valence-electron chi connectivity index (χ0n) is 10.4. The van der Waals surface area contributed by atoms with E-state index >= 15 is 0 Å². The second-order valence-electron chi connectivity index (χ2n) is 3.57. The number of aromatic nitrogens is 3. The van der Waals surface area contributed by atoms with Crippen LogP contribution in [-0.4, -0.2) is 34.2 Å². The van der Waals surface area contributed by atoms with Crippen molar-refractivity contribution in [1.82, 2.24) is 14.6 Å². The second-order valence-corrected chi connectivity index (χ2v) is 3.57. The van der Waals surface area contributed by atoms with Crippen LogP contribution in [0.4, 0.5) is 5.82 Å². The van der Waals surface area contributed by atoms with Crippen LogP contribution in [-0.2, 0) is 4.74 Å². The monoisotopic (exact) mass is 261 g/mol. The van der Waals surface area contributed by atoms with Gasteiger partial charge in [-0.05, 0) is 6.92 Å². The molecule has 2 rings (SSSR count). The molecule has 0 aromatic carbocycles. The Balaban J connectivity index is 2.75. The van der Waals surface area contributed by atoms with Crippen molar-refractivity contribution >= 4 is 17.4 Å². The van der Waals surface area contributed by atoms with Crippen LogP contribution in [0.25, 0.3) is 5.65 Å². The quantitative estimate of drug-likeness (QED) is 0.758. The SMILES string of the molecule is CCOC(=O)c1c[nH]n2c(=O)c(C#N)c(NC)nc12. The van der Waals surface area contributed by atoms with E-state index in [1.165, 1.54) is 13.2 Å². The maximum absolute atomic E-state index is 12.0. The lowest BCUT2D eigenvalue weighted by atomic mass is 10.3. The van der Waals surface area contributed by atoms with Crippen molar-refractivity contribution in [3.05, 3.63) is 27.7 Å². The number of aromatic amines is 1. The number of esters is 1. The Morgan fingerprint density at radius 3 is 3.00 bits per heavy atom. The van der Waals surface area contributed by atoms with E-state index in [1.54, 1.807) is 13.0 Å². The predicted octanol–water partition coefficient (Wildman–Crippen LogP) is 0.113. The summed E-state index contributed by atoms with van der Waals surface area (Å²) in [6.07, 6.45) is 1.32. The third kappa shape index (κ3) is 1.91. The van der Waals surface area contributed by atoms with E-state index < -0.39 is 11.5 Å². The summed E-state index contributed by atoms with van der Waals surface area (Å²) in [4.78, 5) is 27.8. The molecule has 0 aliphatic rings. The third-order valence-corrected chi connectivity index (χ3v) is 2.51. The number of carbonyl (C=O) groups excluding carboxylic acids is 1. The normalized spacial score (nSPS) is 10.2. The number of H-pyrrole nitrogens is 1. The number of nitrogens with one attached hydrogen (secondary N) is 2. The van der Waals surface area contributed by atoms with Crippen LogP contribution in [0.3, 0.4) is 0 Å². The van der Waals surface area contributed by atoms with E-state index in [4.69, 9.17) is 10.00 Å². The molecule has 0 unspecified atom stereocenters. The molecule has 19 heavy (non-hydrogen) atoms. The van der Waals surface area contributed by atoms with E-state index in [-0.39, 0.29) is 29.2 Å². The number of fused-ring (bicyclic) bond motifs is 1. The molecule has 2 heterocycles. The number of anilines is 1. The first-order valence-corrected chi connectivity index (χ1v) is 5.53. The number of nitriles is 1. The van der Waals surface area contributed by atoms with Crippen molar-refractivity contribution in [2.45, 2.75) is 6.92 Å². The zero-order chi connectivity index (χ0) is 14.0. The van der Waals surface area contributed by atoms with Gasteiger partial charge in [0.25, 0.3) is 5.56 Å². The predicted molar refractivity (Wildman–Crippen MR) is 66.0 cm³/mol. The summed E-state index contributed by atoms with van der Waals surface area (Å²) in [5.41, 5.74) is -0.448. The molecule has 0 fully saturated rings. The molecule has 2 N–H and O–H groups in total. The van der Waals surface area contributed by atoms with Crippen molar-refractivity contribution in [3.8, 4) is 6.07 Å². The summed E-state index contributed by atoms with van der Waals surface area (Å²) in [6.45, 7) is 1.90. The highest BCUT2D eigenvalue weighted by Crippen LogP contribution is 2.13. The van der Waals surface area contributed by atoms with Crippen LogP contribution in [0.2, 0.25) is 0 Å². The molecule has 8 heteroatoms. The molecule has 0 radical (unpaired) electrons. The molecule has 2 aromatic heterocycles. The highest BCUT2D eigenvalue weighted by atomic mass is 16.5. The Labute approximate surface area is 107 Å². The molecule has 0 amide bonds. The van der Waals surface area contributed by atoms with Gasteiger partial charge >= 0.3 is 5.97 Å². The van der Waals surface area contributed by atoms with E-state index in [0.29, 0.717) is 0 Å². The number of carbonyl (C=O) groups is 1.